The number of methoxy groups -OCH3 is 1. The van der Waals surface area contributed by atoms with E-state index >= 15 is 0 Å². The van der Waals surface area contributed by atoms with Crippen molar-refractivity contribution in [1.82, 2.24) is 4.72 Å². The molecule has 0 aliphatic rings. The summed E-state index contributed by atoms with van der Waals surface area (Å²) in [5, 5.41) is 0.144. The summed E-state index contributed by atoms with van der Waals surface area (Å²) < 4.78 is 30.8. The lowest BCUT2D eigenvalue weighted by Crippen LogP contribution is -2.29. The molecule has 0 aromatic heterocycles. The van der Waals surface area contributed by atoms with E-state index in [-0.39, 0.29) is 35.4 Å². The van der Waals surface area contributed by atoms with Crippen LogP contribution in [0.2, 0.25) is 5.02 Å². The van der Waals surface area contributed by atoms with E-state index < -0.39 is 10.0 Å². The first-order valence-electron chi connectivity index (χ1n) is 4.54. The minimum absolute atomic E-state index is 0. The summed E-state index contributed by atoms with van der Waals surface area (Å²) in [4.78, 5) is -0.0121. The van der Waals surface area contributed by atoms with E-state index in [1.54, 1.807) is 6.07 Å². The molecular weight excluding hydrogens is 287 g/mol. The van der Waals surface area contributed by atoms with Crippen molar-refractivity contribution in [2.24, 2.45) is 5.73 Å². The van der Waals surface area contributed by atoms with Crippen molar-refractivity contribution in [3.63, 3.8) is 0 Å². The fraction of sp³-hybridized carbons (Fsp3) is 0.333. The molecule has 8 heteroatoms. The van der Waals surface area contributed by atoms with Crippen LogP contribution in [0, 0.1) is 0 Å². The molecule has 0 amide bonds. The molecule has 0 radical (unpaired) electrons. The highest BCUT2D eigenvalue weighted by Gasteiger charge is 2.17. The molecule has 0 saturated carbocycles. The lowest BCUT2D eigenvalue weighted by molar-refractivity contribution is 0.413. The molecule has 5 nitrogen and oxygen atoms in total. The Hall–Kier alpha value is -0.530. The molecule has 0 fully saturated rings. The van der Waals surface area contributed by atoms with E-state index in [1.165, 1.54) is 19.2 Å². The first kappa shape index (κ1) is 16.5. The van der Waals surface area contributed by atoms with Gasteiger partial charge in [-0.1, -0.05) is 11.6 Å². The van der Waals surface area contributed by atoms with Crippen LogP contribution in [0.4, 0.5) is 0 Å². The molecule has 0 aliphatic carbocycles. The van der Waals surface area contributed by atoms with Gasteiger partial charge in [0.1, 0.15) is 10.6 Å². The molecule has 3 N–H and O–H groups in total. The van der Waals surface area contributed by atoms with Crippen LogP contribution in [-0.2, 0) is 10.0 Å². The third kappa shape index (κ3) is 4.33. The Morgan fingerprint density at radius 1 is 1.47 bits per heavy atom. The summed E-state index contributed by atoms with van der Waals surface area (Å²) >= 11 is 5.81. The van der Waals surface area contributed by atoms with Crippen LogP contribution in [-0.4, -0.2) is 28.6 Å². The van der Waals surface area contributed by atoms with Crippen molar-refractivity contribution in [3.05, 3.63) is 23.2 Å². The van der Waals surface area contributed by atoms with Crippen LogP contribution in [0.1, 0.15) is 0 Å². The Morgan fingerprint density at radius 2 is 2.12 bits per heavy atom. The second-order valence-corrected chi connectivity index (χ2v) is 5.13. The summed E-state index contributed by atoms with van der Waals surface area (Å²) in [5.41, 5.74) is 5.22. The van der Waals surface area contributed by atoms with Gasteiger partial charge in [-0.3, -0.25) is 0 Å². The molecule has 0 heterocycles. The summed E-state index contributed by atoms with van der Waals surface area (Å²) in [6, 6.07) is 4.42. The minimum Gasteiger partial charge on any atom is -0.497 e. The average Bonchev–Trinajstić information content (AvgIpc) is 2.27. The van der Waals surface area contributed by atoms with E-state index in [1.807, 2.05) is 0 Å². The smallest absolute Gasteiger partial charge is 0.242 e. The maximum absolute atomic E-state index is 11.8. The highest BCUT2D eigenvalue weighted by molar-refractivity contribution is 7.89. The van der Waals surface area contributed by atoms with Gasteiger partial charge in [-0.05, 0) is 12.1 Å². The van der Waals surface area contributed by atoms with Gasteiger partial charge in [0, 0.05) is 19.2 Å². The van der Waals surface area contributed by atoms with Crippen molar-refractivity contribution in [2.75, 3.05) is 20.2 Å². The summed E-state index contributed by atoms with van der Waals surface area (Å²) in [6.07, 6.45) is 0. The molecule has 0 aliphatic heterocycles. The van der Waals surface area contributed by atoms with Gasteiger partial charge in [0.25, 0.3) is 0 Å². The lowest BCUT2D eigenvalue weighted by Gasteiger charge is -2.08. The van der Waals surface area contributed by atoms with Gasteiger partial charge in [-0.15, -0.1) is 12.4 Å². The van der Waals surface area contributed by atoms with Gasteiger partial charge in [0.2, 0.25) is 10.0 Å². The van der Waals surface area contributed by atoms with Crippen LogP contribution in [0.5, 0.6) is 5.75 Å². The summed E-state index contributed by atoms with van der Waals surface area (Å²) in [5.74, 6) is 0.428. The van der Waals surface area contributed by atoms with Gasteiger partial charge >= 0.3 is 0 Å². The number of ether oxygens (including phenoxy) is 1. The molecule has 17 heavy (non-hydrogen) atoms. The first-order chi connectivity index (χ1) is 7.51. The normalized spacial score (nSPS) is 10.8. The molecule has 1 aromatic carbocycles. The Morgan fingerprint density at radius 3 is 2.65 bits per heavy atom. The molecule has 0 bridgehead atoms. The molecule has 0 unspecified atom stereocenters. The summed E-state index contributed by atoms with van der Waals surface area (Å²) in [6.45, 7) is 0.386. The fourth-order valence-corrected chi connectivity index (χ4v) is 2.65. The van der Waals surface area contributed by atoms with Crippen molar-refractivity contribution in [3.8, 4) is 5.75 Å². The summed E-state index contributed by atoms with van der Waals surface area (Å²) in [7, 11) is -2.18. The molecule has 0 atom stereocenters. The molecule has 98 valence electrons. The predicted molar refractivity (Wildman–Crippen MR) is 69.5 cm³/mol. The number of sulfonamides is 1. The number of rotatable bonds is 5. The molecule has 1 rings (SSSR count). The van der Waals surface area contributed by atoms with Gasteiger partial charge < -0.3 is 10.5 Å². The van der Waals surface area contributed by atoms with Gasteiger partial charge in [-0.2, -0.15) is 0 Å². The van der Waals surface area contributed by atoms with Crippen LogP contribution in [0.15, 0.2) is 23.1 Å². The van der Waals surface area contributed by atoms with Crippen LogP contribution in [0.3, 0.4) is 0 Å². The lowest BCUT2D eigenvalue weighted by atomic mass is 10.3. The predicted octanol–water partition coefficient (Wildman–Crippen LogP) is 1.01. The van der Waals surface area contributed by atoms with Crippen LogP contribution in [0.25, 0.3) is 0 Å². The van der Waals surface area contributed by atoms with Crippen LogP contribution >= 0.6 is 24.0 Å². The monoisotopic (exact) mass is 300 g/mol. The van der Waals surface area contributed by atoms with Gasteiger partial charge in [-0.25, -0.2) is 13.1 Å². The zero-order chi connectivity index (χ0) is 12.2. The SMILES string of the molecule is COc1ccc(Cl)c(S(=O)(=O)NCCN)c1.Cl. The Labute approximate surface area is 112 Å². The van der Waals surface area contributed by atoms with E-state index in [4.69, 9.17) is 22.1 Å². The largest absolute Gasteiger partial charge is 0.497 e. The topological polar surface area (TPSA) is 81.4 Å². The minimum atomic E-state index is -3.63. The van der Waals surface area contributed by atoms with Crippen LogP contribution < -0.4 is 15.2 Å². The fourth-order valence-electron chi connectivity index (χ4n) is 1.09. The number of hydrogen-bond acceptors (Lipinski definition) is 4. The molecule has 0 saturated heterocycles. The maximum atomic E-state index is 11.8. The maximum Gasteiger partial charge on any atom is 0.242 e. The zero-order valence-corrected chi connectivity index (χ0v) is 11.5. The van der Waals surface area contributed by atoms with E-state index in [0.717, 1.165) is 0 Å². The quantitative estimate of drug-likeness (QED) is 0.850. The van der Waals surface area contributed by atoms with Gasteiger partial charge in [0.05, 0.1) is 12.1 Å². The van der Waals surface area contributed by atoms with Crippen molar-refractivity contribution in [2.45, 2.75) is 4.90 Å². The highest BCUT2D eigenvalue weighted by atomic mass is 35.5. The Kier molecular flexibility index (Phi) is 6.81. The first-order valence-corrected chi connectivity index (χ1v) is 6.40. The number of benzene rings is 1. The molecular formula is C9H14Cl2N2O3S. The van der Waals surface area contributed by atoms with E-state index in [9.17, 15) is 8.42 Å². The average molecular weight is 301 g/mol. The number of halogens is 2. The third-order valence-electron chi connectivity index (χ3n) is 1.86. The van der Waals surface area contributed by atoms with Crippen molar-refractivity contribution in [1.29, 1.82) is 0 Å². The van der Waals surface area contributed by atoms with Crippen molar-refractivity contribution < 1.29 is 13.2 Å². The highest BCUT2D eigenvalue weighted by Crippen LogP contribution is 2.25. The van der Waals surface area contributed by atoms with Crippen molar-refractivity contribution >= 4 is 34.0 Å². The second kappa shape index (κ2) is 7.03. The number of hydrogen-bond donors (Lipinski definition) is 2. The van der Waals surface area contributed by atoms with E-state index in [2.05, 4.69) is 4.72 Å². The van der Waals surface area contributed by atoms with E-state index in [0.29, 0.717) is 5.75 Å². The number of nitrogens with one attached hydrogen (secondary N) is 1. The zero-order valence-electron chi connectivity index (χ0n) is 9.14. The second-order valence-electron chi connectivity index (χ2n) is 2.98. The molecule has 1 aromatic rings. The molecule has 0 spiro atoms. The van der Waals surface area contributed by atoms with Gasteiger partial charge in [0.15, 0.2) is 0 Å². The Bertz CT molecular complexity index is 465. The standard InChI is InChI=1S/C9H13ClN2O3S.ClH/c1-15-7-2-3-8(10)9(6-7)16(13,14)12-5-4-11;/h2-3,6,12H,4-5,11H2,1H3;1H. The third-order valence-corrected chi connectivity index (χ3v) is 3.81. The Balaban J connectivity index is 0.00000256. The number of nitrogens with two attached hydrogens (primary N) is 1.